The van der Waals surface area contributed by atoms with Crippen molar-refractivity contribution in [3.63, 3.8) is 0 Å². The van der Waals surface area contributed by atoms with Crippen molar-refractivity contribution in [2.24, 2.45) is 5.10 Å². The summed E-state index contributed by atoms with van der Waals surface area (Å²) in [5.74, 6) is 1.02. The number of rotatable bonds is 7. The molecule has 7 heteroatoms. The van der Waals surface area contributed by atoms with E-state index in [9.17, 15) is 4.79 Å². The number of ether oxygens (including phenoxy) is 2. The van der Waals surface area contributed by atoms with Crippen LogP contribution in [0.5, 0.6) is 11.5 Å². The van der Waals surface area contributed by atoms with Crippen LogP contribution < -0.4 is 14.9 Å². The highest BCUT2D eigenvalue weighted by Gasteiger charge is 2.13. The van der Waals surface area contributed by atoms with Gasteiger partial charge < -0.3 is 9.47 Å². The van der Waals surface area contributed by atoms with Gasteiger partial charge in [-0.15, -0.1) is 0 Å². The Balaban J connectivity index is 1.99. The van der Waals surface area contributed by atoms with Crippen LogP contribution >= 0.6 is 0 Å². The molecule has 1 heterocycles. The summed E-state index contributed by atoms with van der Waals surface area (Å²) in [6, 6.07) is 15.7. The Bertz CT molecular complexity index is 981. The monoisotopic (exact) mass is 378 g/mol. The minimum atomic E-state index is -0.236. The molecule has 0 bridgehead atoms. The summed E-state index contributed by atoms with van der Waals surface area (Å²) in [6.45, 7) is 2.03. The van der Waals surface area contributed by atoms with E-state index >= 15 is 0 Å². The average molecular weight is 378 g/mol. The molecule has 0 unspecified atom stereocenters. The van der Waals surface area contributed by atoms with Crippen LogP contribution in [0.15, 0.2) is 59.8 Å². The summed E-state index contributed by atoms with van der Waals surface area (Å²) >= 11 is 0. The molecule has 0 aliphatic carbocycles. The molecule has 1 aromatic heterocycles. The van der Waals surface area contributed by atoms with E-state index in [-0.39, 0.29) is 5.91 Å². The van der Waals surface area contributed by atoms with E-state index in [0.717, 1.165) is 22.4 Å². The van der Waals surface area contributed by atoms with Crippen molar-refractivity contribution in [3.05, 3.63) is 65.9 Å². The molecule has 0 radical (unpaired) electrons. The highest BCUT2D eigenvalue weighted by atomic mass is 16.5. The Hall–Kier alpha value is -3.61. The molecular weight excluding hydrogens is 356 g/mol. The molecule has 0 atom stereocenters. The first-order valence-corrected chi connectivity index (χ1v) is 8.74. The molecular formula is C21H22N4O3. The zero-order chi connectivity index (χ0) is 19.9. The number of benzene rings is 2. The number of amides is 1. The maximum atomic E-state index is 11.1. The van der Waals surface area contributed by atoms with Gasteiger partial charge in [0.05, 0.1) is 27.0 Å². The lowest BCUT2D eigenvalue weighted by molar-refractivity contribution is -0.118. The molecule has 2 aromatic carbocycles. The summed E-state index contributed by atoms with van der Waals surface area (Å²) in [7, 11) is 3.19. The number of nitrogens with one attached hydrogen (secondary N) is 1. The molecule has 0 aliphatic rings. The van der Waals surface area contributed by atoms with Gasteiger partial charge in [0.15, 0.2) is 11.5 Å². The lowest BCUT2D eigenvalue weighted by Crippen LogP contribution is -2.12. The maximum absolute atomic E-state index is 11.1. The van der Waals surface area contributed by atoms with Gasteiger partial charge in [0.1, 0.15) is 5.69 Å². The van der Waals surface area contributed by atoms with Crippen molar-refractivity contribution >= 4 is 12.1 Å². The minimum Gasteiger partial charge on any atom is -0.493 e. The first-order valence-electron chi connectivity index (χ1n) is 8.74. The summed E-state index contributed by atoms with van der Waals surface area (Å²) in [5.41, 5.74) is 5.91. The third-order valence-electron chi connectivity index (χ3n) is 4.06. The van der Waals surface area contributed by atoms with E-state index in [4.69, 9.17) is 14.6 Å². The van der Waals surface area contributed by atoms with Gasteiger partial charge >= 0.3 is 0 Å². The third kappa shape index (κ3) is 4.56. The van der Waals surface area contributed by atoms with E-state index < -0.39 is 0 Å². The molecule has 3 aromatic rings. The van der Waals surface area contributed by atoms with Gasteiger partial charge in [-0.25, -0.2) is 5.43 Å². The summed E-state index contributed by atoms with van der Waals surface area (Å²) in [5, 5.41) is 8.71. The van der Waals surface area contributed by atoms with Crippen molar-refractivity contribution in [1.29, 1.82) is 0 Å². The Morgan fingerprint density at radius 3 is 2.57 bits per heavy atom. The first-order chi connectivity index (χ1) is 13.6. The van der Waals surface area contributed by atoms with Crippen LogP contribution in [-0.2, 0) is 11.3 Å². The molecule has 0 saturated carbocycles. The van der Waals surface area contributed by atoms with Crippen LogP contribution in [-0.4, -0.2) is 36.1 Å². The second-order valence-corrected chi connectivity index (χ2v) is 6.11. The maximum Gasteiger partial charge on any atom is 0.236 e. The second-order valence-electron chi connectivity index (χ2n) is 6.11. The van der Waals surface area contributed by atoms with Crippen molar-refractivity contribution in [1.82, 2.24) is 15.2 Å². The fourth-order valence-electron chi connectivity index (χ4n) is 2.78. The molecule has 0 spiro atoms. The van der Waals surface area contributed by atoms with E-state index in [2.05, 4.69) is 10.5 Å². The van der Waals surface area contributed by atoms with Crippen molar-refractivity contribution in [3.8, 4) is 22.8 Å². The smallest absolute Gasteiger partial charge is 0.236 e. The molecule has 0 aliphatic heterocycles. The average Bonchev–Trinajstić information content (AvgIpc) is 3.10. The molecule has 28 heavy (non-hydrogen) atoms. The molecule has 0 fully saturated rings. The zero-order valence-corrected chi connectivity index (χ0v) is 16.0. The molecule has 0 saturated heterocycles. The van der Waals surface area contributed by atoms with Gasteiger partial charge in [-0.1, -0.05) is 30.3 Å². The lowest BCUT2D eigenvalue weighted by Gasteiger charge is -2.09. The van der Waals surface area contributed by atoms with Crippen LogP contribution in [0.2, 0.25) is 0 Å². The highest BCUT2D eigenvalue weighted by molar-refractivity contribution is 5.89. The molecule has 144 valence electrons. The fraction of sp³-hybridized carbons (Fsp3) is 0.190. The quantitative estimate of drug-likeness (QED) is 0.506. The highest BCUT2D eigenvalue weighted by Crippen LogP contribution is 2.32. The van der Waals surface area contributed by atoms with Crippen LogP contribution in [0.25, 0.3) is 11.3 Å². The lowest BCUT2D eigenvalue weighted by atomic mass is 10.1. The molecule has 7 nitrogen and oxygen atoms in total. The van der Waals surface area contributed by atoms with Gasteiger partial charge in [0, 0.05) is 24.2 Å². The number of hydrogen-bond donors (Lipinski definition) is 1. The zero-order valence-electron chi connectivity index (χ0n) is 16.0. The Kier molecular flexibility index (Phi) is 6.06. The van der Waals surface area contributed by atoms with Crippen LogP contribution in [0.3, 0.4) is 0 Å². The van der Waals surface area contributed by atoms with E-state index in [1.807, 2.05) is 59.4 Å². The first kappa shape index (κ1) is 19.2. The number of methoxy groups -OCH3 is 2. The SMILES string of the molecule is COc1ccc(-c2nn(Cc3ccccc3)cc2/C=N\NC(C)=O)cc1OC. The Morgan fingerprint density at radius 2 is 1.89 bits per heavy atom. The van der Waals surface area contributed by atoms with Gasteiger partial charge in [0.2, 0.25) is 5.91 Å². The van der Waals surface area contributed by atoms with E-state index in [0.29, 0.717) is 18.0 Å². The number of hydrogen-bond acceptors (Lipinski definition) is 5. The normalized spacial score (nSPS) is 10.8. The largest absolute Gasteiger partial charge is 0.493 e. The van der Waals surface area contributed by atoms with Gasteiger partial charge in [-0.05, 0) is 23.8 Å². The second kappa shape index (κ2) is 8.85. The number of carbonyl (C=O) groups is 1. The predicted octanol–water partition coefficient (Wildman–Crippen LogP) is 3.09. The van der Waals surface area contributed by atoms with E-state index in [1.54, 1.807) is 20.4 Å². The summed E-state index contributed by atoms with van der Waals surface area (Å²) in [4.78, 5) is 11.1. The van der Waals surface area contributed by atoms with E-state index in [1.165, 1.54) is 6.92 Å². The summed E-state index contributed by atoms with van der Waals surface area (Å²) in [6.07, 6.45) is 3.48. The van der Waals surface area contributed by atoms with Crippen LogP contribution in [0, 0.1) is 0 Å². The number of hydrazone groups is 1. The van der Waals surface area contributed by atoms with Crippen molar-refractivity contribution in [2.75, 3.05) is 14.2 Å². The number of carbonyl (C=O) groups excluding carboxylic acids is 1. The molecule has 3 rings (SSSR count). The van der Waals surface area contributed by atoms with Crippen molar-refractivity contribution < 1.29 is 14.3 Å². The van der Waals surface area contributed by atoms with Gasteiger partial charge in [-0.2, -0.15) is 10.2 Å². The molecule has 1 amide bonds. The minimum absolute atomic E-state index is 0.236. The fourth-order valence-corrected chi connectivity index (χ4v) is 2.78. The van der Waals surface area contributed by atoms with Crippen molar-refractivity contribution in [2.45, 2.75) is 13.5 Å². The third-order valence-corrected chi connectivity index (χ3v) is 4.06. The summed E-state index contributed by atoms with van der Waals surface area (Å²) < 4.78 is 12.6. The van der Waals surface area contributed by atoms with Gasteiger partial charge in [-0.3, -0.25) is 9.48 Å². The Morgan fingerprint density at radius 1 is 1.14 bits per heavy atom. The Labute approximate surface area is 163 Å². The van der Waals surface area contributed by atoms with Crippen LogP contribution in [0.1, 0.15) is 18.1 Å². The van der Waals surface area contributed by atoms with Crippen LogP contribution in [0.4, 0.5) is 0 Å². The number of nitrogens with zero attached hydrogens (tertiary/aromatic N) is 3. The number of aromatic nitrogens is 2. The standard InChI is InChI=1S/C21H22N4O3/c1-15(26)23-22-12-18-14-25(13-16-7-5-4-6-8-16)24-21(18)17-9-10-19(27-2)20(11-17)28-3/h4-12,14H,13H2,1-3H3,(H,23,26)/b22-12-. The predicted molar refractivity (Wildman–Crippen MR) is 108 cm³/mol. The topological polar surface area (TPSA) is 77.7 Å². The molecule has 1 N–H and O–H groups in total. The van der Waals surface area contributed by atoms with Gasteiger partial charge in [0.25, 0.3) is 0 Å².